The van der Waals surface area contributed by atoms with E-state index in [1.54, 1.807) is 26.4 Å². The first-order valence-electron chi connectivity index (χ1n) is 10.4. The van der Waals surface area contributed by atoms with E-state index in [2.05, 4.69) is 13.8 Å². The molecule has 26 heavy (non-hydrogen) atoms. The van der Waals surface area contributed by atoms with Crippen molar-refractivity contribution in [3.63, 3.8) is 0 Å². The summed E-state index contributed by atoms with van der Waals surface area (Å²) in [6.45, 7) is 4.32. The lowest BCUT2D eigenvalue weighted by Gasteiger charge is -2.35. The van der Waals surface area contributed by atoms with Gasteiger partial charge in [-0.1, -0.05) is 64.0 Å². The summed E-state index contributed by atoms with van der Waals surface area (Å²) >= 11 is 0. The largest absolute Gasteiger partial charge is 0.353 e. The SMILES string of the molecule is CCCCCCCCC(CCCCc1ccc(F)cc1)C(C)(OC)OC. The summed E-state index contributed by atoms with van der Waals surface area (Å²) in [5.41, 5.74) is 1.21. The van der Waals surface area contributed by atoms with Crippen LogP contribution >= 0.6 is 0 Å². The Kier molecular flexibility index (Phi) is 11.8. The molecular weight excluding hydrogens is 327 g/mol. The third kappa shape index (κ3) is 8.64. The van der Waals surface area contributed by atoms with E-state index < -0.39 is 5.79 Å². The van der Waals surface area contributed by atoms with Crippen molar-refractivity contribution in [1.82, 2.24) is 0 Å². The zero-order valence-corrected chi connectivity index (χ0v) is 17.4. The molecule has 3 heteroatoms. The van der Waals surface area contributed by atoms with Gasteiger partial charge in [0, 0.05) is 20.1 Å². The second kappa shape index (κ2) is 13.3. The summed E-state index contributed by atoms with van der Waals surface area (Å²) in [5, 5.41) is 0. The van der Waals surface area contributed by atoms with Crippen LogP contribution in [0.1, 0.15) is 83.6 Å². The Bertz CT molecular complexity index is 454. The van der Waals surface area contributed by atoms with Crippen molar-refractivity contribution in [3.05, 3.63) is 35.6 Å². The summed E-state index contributed by atoms with van der Waals surface area (Å²) in [6, 6.07) is 6.86. The van der Waals surface area contributed by atoms with Crippen LogP contribution in [0.5, 0.6) is 0 Å². The fourth-order valence-corrected chi connectivity index (χ4v) is 3.63. The molecule has 1 aromatic carbocycles. The number of halogens is 1. The van der Waals surface area contributed by atoms with E-state index in [9.17, 15) is 4.39 Å². The molecular formula is C23H39FO2. The molecule has 0 spiro atoms. The van der Waals surface area contributed by atoms with Crippen LogP contribution in [0.3, 0.4) is 0 Å². The normalized spacial score (nSPS) is 13.1. The molecule has 0 aliphatic heterocycles. The Balaban J connectivity index is 2.39. The molecule has 1 rings (SSSR count). The first-order valence-corrected chi connectivity index (χ1v) is 10.4. The molecule has 0 aromatic heterocycles. The number of hydrogen-bond acceptors (Lipinski definition) is 2. The average Bonchev–Trinajstić information content (AvgIpc) is 2.66. The summed E-state index contributed by atoms with van der Waals surface area (Å²) < 4.78 is 24.4. The number of hydrogen-bond donors (Lipinski definition) is 0. The molecule has 0 saturated carbocycles. The van der Waals surface area contributed by atoms with Crippen LogP contribution in [0.4, 0.5) is 4.39 Å². The number of aryl methyl sites for hydroxylation is 1. The molecule has 0 bridgehead atoms. The van der Waals surface area contributed by atoms with Crippen LogP contribution < -0.4 is 0 Å². The summed E-state index contributed by atoms with van der Waals surface area (Å²) in [6.07, 6.45) is 13.4. The van der Waals surface area contributed by atoms with E-state index >= 15 is 0 Å². The second-order valence-corrected chi connectivity index (χ2v) is 7.55. The van der Waals surface area contributed by atoms with Gasteiger partial charge in [0.1, 0.15) is 5.82 Å². The smallest absolute Gasteiger partial charge is 0.167 e. The molecule has 0 aliphatic carbocycles. The van der Waals surface area contributed by atoms with Crippen LogP contribution in [-0.4, -0.2) is 20.0 Å². The number of ether oxygens (including phenoxy) is 2. The minimum Gasteiger partial charge on any atom is -0.353 e. The van der Waals surface area contributed by atoms with Crippen LogP contribution in [-0.2, 0) is 15.9 Å². The zero-order valence-electron chi connectivity index (χ0n) is 17.4. The van der Waals surface area contributed by atoms with Crippen molar-refractivity contribution in [3.8, 4) is 0 Å². The zero-order chi connectivity index (χ0) is 19.3. The standard InChI is InChI=1S/C23H39FO2/c1-5-6-7-8-9-10-14-21(23(2,25-3)26-4)15-12-11-13-20-16-18-22(24)19-17-20/h16-19,21H,5-15H2,1-4H3. The number of methoxy groups -OCH3 is 2. The van der Waals surface area contributed by atoms with Crippen molar-refractivity contribution in [2.24, 2.45) is 5.92 Å². The van der Waals surface area contributed by atoms with E-state index in [-0.39, 0.29) is 5.82 Å². The molecule has 1 unspecified atom stereocenters. The van der Waals surface area contributed by atoms with Gasteiger partial charge in [-0.2, -0.15) is 0 Å². The highest BCUT2D eigenvalue weighted by Crippen LogP contribution is 2.32. The van der Waals surface area contributed by atoms with Gasteiger partial charge in [-0.25, -0.2) is 4.39 Å². The molecule has 150 valence electrons. The Labute approximate surface area is 160 Å². The van der Waals surface area contributed by atoms with E-state index in [4.69, 9.17) is 9.47 Å². The lowest BCUT2D eigenvalue weighted by atomic mass is 9.87. The van der Waals surface area contributed by atoms with Crippen molar-refractivity contribution in [2.45, 2.75) is 90.3 Å². The van der Waals surface area contributed by atoms with Gasteiger partial charge in [0.2, 0.25) is 0 Å². The van der Waals surface area contributed by atoms with Gasteiger partial charge in [0.15, 0.2) is 5.79 Å². The quantitative estimate of drug-likeness (QED) is 0.248. The monoisotopic (exact) mass is 366 g/mol. The highest BCUT2D eigenvalue weighted by molar-refractivity contribution is 5.15. The molecule has 0 heterocycles. The van der Waals surface area contributed by atoms with E-state index in [1.165, 1.54) is 44.1 Å². The molecule has 1 aromatic rings. The molecule has 2 nitrogen and oxygen atoms in total. The van der Waals surface area contributed by atoms with Crippen molar-refractivity contribution in [1.29, 1.82) is 0 Å². The lowest BCUT2D eigenvalue weighted by molar-refractivity contribution is -0.230. The van der Waals surface area contributed by atoms with E-state index in [0.29, 0.717) is 5.92 Å². The third-order valence-corrected chi connectivity index (χ3v) is 5.64. The van der Waals surface area contributed by atoms with Crippen LogP contribution in [0, 0.1) is 11.7 Å². The number of benzene rings is 1. The van der Waals surface area contributed by atoms with Gasteiger partial charge in [-0.3, -0.25) is 0 Å². The summed E-state index contributed by atoms with van der Waals surface area (Å²) in [5.74, 6) is -0.250. The maximum Gasteiger partial charge on any atom is 0.167 e. The van der Waals surface area contributed by atoms with Crippen LogP contribution in [0.25, 0.3) is 0 Å². The Morgan fingerprint density at radius 3 is 1.96 bits per heavy atom. The predicted octanol–water partition coefficient (Wildman–Crippen LogP) is 6.91. The first kappa shape index (κ1) is 23.1. The van der Waals surface area contributed by atoms with Crippen LogP contribution in [0.2, 0.25) is 0 Å². The maximum atomic E-state index is 13.0. The van der Waals surface area contributed by atoms with E-state index in [0.717, 1.165) is 32.1 Å². The summed E-state index contributed by atoms with van der Waals surface area (Å²) in [7, 11) is 3.49. The second-order valence-electron chi connectivity index (χ2n) is 7.55. The van der Waals surface area contributed by atoms with Crippen molar-refractivity contribution in [2.75, 3.05) is 14.2 Å². The average molecular weight is 367 g/mol. The molecule has 0 amide bonds. The van der Waals surface area contributed by atoms with Gasteiger partial charge in [-0.15, -0.1) is 0 Å². The van der Waals surface area contributed by atoms with Gasteiger partial charge in [0.05, 0.1) is 0 Å². The highest BCUT2D eigenvalue weighted by Gasteiger charge is 2.33. The molecule has 0 N–H and O–H groups in total. The van der Waals surface area contributed by atoms with Gasteiger partial charge in [-0.05, 0) is 50.3 Å². The third-order valence-electron chi connectivity index (χ3n) is 5.64. The maximum absolute atomic E-state index is 13.0. The van der Waals surface area contributed by atoms with Crippen molar-refractivity contribution >= 4 is 0 Å². The minimum absolute atomic E-state index is 0.163. The Hall–Kier alpha value is -0.930. The molecule has 0 fully saturated rings. The molecule has 0 radical (unpaired) electrons. The topological polar surface area (TPSA) is 18.5 Å². The Morgan fingerprint density at radius 1 is 0.846 bits per heavy atom. The fourth-order valence-electron chi connectivity index (χ4n) is 3.63. The van der Waals surface area contributed by atoms with Crippen LogP contribution in [0.15, 0.2) is 24.3 Å². The molecule has 0 saturated heterocycles. The number of unbranched alkanes of at least 4 members (excludes halogenated alkanes) is 6. The number of rotatable bonds is 15. The minimum atomic E-state index is -0.501. The van der Waals surface area contributed by atoms with Gasteiger partial charge >= 0.3 is 0 Å². The fraction of sp³-hybridized carbons (Fsp3) is 0.739. The van der Waals surface area contributed by atoms with Crippen molar-refractivity contribution < 1.29 is 13.9 Å². The Morgan fingerprint density at radius 2 is 1.38 bits per heavy atom. The molecule has 1 atom stereocenters. The lowest BCUT2D eigenvalue weighted by Crippen LogP contribution is -2.39. The van der Waals surface area contributed by atoms with Gasteiger partial charge in [0.25, 0.3) is 0 Å². The van der Waals surface area contributed by atoms with Gasteiger partial charge < -0.3 is 9.47 Å². The first-order chi connectivity index (χ1) is 12.6. The highest BCUT2D eigenvalue weighted by atomic mass is 19.1. The predicted molar refractivity (Wildman–Crippen MR) is 108 cm³/mol. The summed E-state index contributed by atoms with van der Waals surface area (Å²) in [4.78, 5) is 0. The molecule has 0 aliphatic rings. The van der Waals surface area contributed by atoms with E-state index in [1.807, 2.05) is 12.1 Å².